The number of sulfonamides is 1. The maximum Gasteiger partial charge on any atom is 0.244 e. The molecule has 0 amide bonds. The van der Waals surface area contributed by atoms with Crippen molar-refractivity contribution in [1.82, 2.24) is 9.62 Å². The van der Waals surface area contributed by atoms with Crippen molar-refractivity contribution in [1.29, 1.82) is 0 Å². The molecule has 0 unspecified atom stereocenters. The number of thiophene rings is 1. The van der Waals surface area contributed by atoms with Crippen molar-refractivity contribution in [2.45, 2.75) is 50.8 Å². The molecule has 1 saturated heterocycles. The molecule has 0 radical (unpaired) electrons. The van der Waals surface area contributed by atoms with Crippen LogP contribution in [-0.4, -0.2) is 44.6 Å². The van der Waals surface area contributed by atoms with E-state index >= 15 is 0 Å². The van der Waals surface area contributed by atoms with Gasteiger partial charge in [0, 0.05) is 29.9 Å². The van der Waals surface area contributed by atoms with Crippen LogP contribution in [0.5, 0.6) is 0 Å². The third-order valence-electron chi connectivity index (χ3n) is 3.38. The number of nitrogens with one attached hydrogen (secondary N) is 1. The summed E-state index contributed by atoms with van der Waals surface area (Å²) in [6.07, 6.45) is 0.945. The first-order valence-corrected chi connectivity index (χ1v) is 9.69. The van der Waals surface area contributed by atoms with E-state index in [0.717, 1.165) is 24.4 Å². The third-order valence-corrected chi connectivity index (χ3v) is 6.27. The predicted octanol–water partition coefficient (Wildman–Crippen LogP) is 2.05. The van der Waals surface area contributed by atoms with E-state index in [0.29, 0.717) is 18.0 Å². The van der Waals surface area contributed by atoms with E-state index in [-0.39, 0.29) is 12.2 Å². The molecule has 1 aliphatic heterocycles. The zero-order valence-corrected chi connectivity index (χ0v) is 14.5. The van der Waals surface area contributed by atoms with Gasteiger partial charge in [-0.3, -0.25) is 0 Å². The van der Waals surface area contributed by atoms with Crippen LogP contribution in [0.1, 0.15) is 32.1 Å². The summed E-state index contributed by atoms with van der Waals surface area (Å²) in [4.78, 5) is 1.46. The fourth-order valence-electron chi connectivity index (χ4n) is 2.45. The molecule has 5 nitrogen and oxygen atoms in total. The molecule has 1 aromatic rings. The Morgan fingerprint density at radius 3 is 2.67 bits per heavy atom. The molecule has 1 aliphatic rings. The molecule has 0 aliphatic carbocycles. The molecule has 0 aromatic carbocycles. The van der Waals surface area contributed by atoms with Crippen molar-refractivity contribution < 1.29 is 13.2 Å². The van der Waals surface area contributed by atoms with Crippen molar-refractivity contribution >= 4 is 21.4 Å². The second-order valence-electron chi connectivity index (χ2n) is 5.50. The molecule has 2 heterocycles. The zero-order chi connectivity index (χ0) is 15.5. The molecule has 7 heteroatoms. The van der Waals surface area contributed by atoms with E-state index in [9.17, 15) is 8.42 Å². The van der Waals surface area contributed by atoms with Gasteiger partial charge in [-0.05, 0) is 32.9 Å². The van der Waals surface area contributed by atoms with Gasteiger partial charge in [0.15, 0.2) is 0 Å². The molecule has 1 fully saturated rings. The minimum Gasteiger partial charge on any atom is -0.373 e. The average Bonchev–Trinajstić information content (AvgIpc) is 2.87. The number of ether oxygens (including phenoxy) is 1. The lowest BCUT2D eigenvalue weighted by Crippen LogP contribution is -2.47. The first kappa shape index (κ1) is 16.9. The number of nitrogens with zero attached hydrogens (tertiary/aromatic N) is 1. The topological polar surface area (TPSA) is 58.6 Å². The van der Waals surface area contributed by atoms with Gasteiger partial charge in [0.25, 0.3) is 0 Å². The van der Waals surface area contributed by atoms with Gasteiger partial charge in [-0.25, -0.2) is 8.42 Å². The fraction of sp³-hybridized carbons (Fsp3) is 0.714. The number of morpholine rings is 1. The number of hydrogen-bond acceptors (Lipinski definition) is 5. The summed E-state index contributed by atoms with van der Waals surface area (Å²) in [5, 5.41) is 5.03. The molecular weight excluding hydrogens is 308 g/mol. The van der Waals surface area contributed by atoms with Gasteiger partial charge in [0.2, 0.25) is 10.0 Å². The zero-order valence-electron chi connectivity index (χ0n) is 12.8. The van der Waals surface area contributed by atoms with E-state index in [4.69, 9.17) is 4.74 Å². The van der Waals surface area contributed by atoms with Gasteiger partial charge in [-0.1, -0.05) is 6.92 Å². The lowest BCUT2D eigenvalue weighted by Gasteiger charge is -2.34. The Morgan fingerprint density at radius 1 is 1.38 bits per heavy atom. The normalized spacial score (nSPS) is 24.3. The lowest BCUT2D eigenvalue weighted by atomic mass is 10.3. The molecule has 120 valence electrons. The second-order valence-corrected chi connectivity index (χ2v) is 8.44. The fourth-order valence-corrected chi connectivity index (χ4v) is 5.28. The Hall–Kier alpha value is -0.470. The summed E-state index contributed by atoms with van der Waals surface area (Å²) in [5.41, 5.74) is 0. The van der Waals surface area contributed by atoms with Gasteiger partial charge in [0.1, 0.15) is 0 Å². The van der Waals surface area contributed by atoms with Crippen LogP contribution < -0.4 is 5.32 Å². The van der Waals surface area contributed by atoms with Crippen LogP contribution in [0.4, 0.5) is 0 Å². The smallest absolute Gasteiger partial charge is 0.244 e. The monoisotopic (exact) mass is 332 g/mol. The Labute approximate surface area is 131 Å². The standard InChI is InChI=1S/C14H24N2O3S2/c1-4-5-15-7-13-6-14(10-20-13)21(17,18)16-8-11(2)19-12(3)9-16/h6,10-12,15H,4-5,7-9H2,1-3H3/t11-,12+. The summed E-state index contributed by atoms with van der Waals surface area (Å²) in [7, 11) is -3.40. The van der Waals surface area contributed by atoms with Crippen molar-refractivity contribution in [2.24, 2.45) is 0 Å². The molecular formula is C14H24N2O3S2. The Bertz CT molecular complexity index is 546. The van der Waals surface area contributed by atoms with Crippen LogP contribution in [0.25, 0.3) is 0 Å². The minimum atomic E-state index is -3.40. The van der Waals surface area contributed by atoms with E-state index in [1.165, 1.54) is 15.6 Å². The largest absolute Gasteiger partial charge is 0.373 e. The number of hydrogen-bond donors (Lipinski definition) is 1. The van der Waals surface area contributed by atoms with E-state index in [2.05, 4.69) is 12.2 Å². The molecule has 0 spiro atoms. The van der Waals surface area contributed by atoms with Crippen molar-refractivity contribution in [3.8, 4) is 0 Å². The summed E-state index contributed by atoms with van der Waals surface area (Å²) in [5.74, 6) is 0. The van der Waals surface area contributed by atoms with Gasteiger partial charge in [-0.15, -0.1) is 11.3 Å². The van der Waals surface area contributed by atoms with Crippen LogP contribution in [0.3, 0.4) is 0 Å². The molecule has 1 N–H and O–H groups in total. The molecule has 2 rings (SSSR count). The molecule has 0 bridgehead atoms. The summed E-state index contributed by atoms with van der Waals surface area (Å²) < 4.78 is 32.5. The lowest BCUT2D eigenvalue weighted by molar-refractivity contribution is -0.0440. The Balaban J connectivity index is 2.08. The van der Waals surface area contributed by atoms with Crippen LogP contribution in [0.15, 0.2) is 16.3 Å². The average molecular weight is 332 g/mol. The maximum atomic E-state index is 12.7. The Morgan fingerprint density at radius 2 is 2.05 bits per heavy atom. The highest BCUT2D eigenvalue weighted by Crippen LogP contribution is 2.25. The second kappa shape index (κ2) is 7.19. The van der Waals surface area contributed by atoms with Crippen molar-refractivity contribution in [2.75, 3.05) is 19.6 Å². The first-order chi connectivity index (χ1) is 9.93. The number of rotatable bonds is 6. The molecule has 1 aromatic heterocycles. The highest BCUT2D eigenvalue weighted by Gasteiger charge is 2.32. The highest BCUT2D eigenvalue weighted by molar-refractivity contribution is 7.89. The third kappa shape index (κ3) is 4.26. The predicted molar refractivity (Wildman–Crippen MR) is 85.1 cm³/mol. The van der Waals surface area contributed by atoms with E-state index in [1.54, 1.807) is 11.4 Å². The van der Waals surface area contributed by atoms with Gasteiger partial charge in [0.05, 0.1) is 17.1 Å². The van der Waals surface area contributed by atoms with Crippen LogP contribution in [0, 0.1) is 0 Å². The van der Waals surface area contributed by atoms with Crippen molar-refractivity contribution in [3.63, 3.8) is 0 Å². The van der Waals surface area contributed by atoms with Crippen LogP contribution in [0.2, 0.25) is 0 Å². The maximum absolute atomic E-state index is 12.7. The molecule has 0 saturated carbocycles. The quantitative estimate of drug-likeness (QED) is 0.810. The van der Waals surface area contributed by atoms with Crippen LogP contribution in [-0.2, 0) is 21.3 Å². The summed E-state index contributed by atoms with van der Waals surface area (Å²) >= 11 is 1.49. The van der Waals surface area contributed by atoms with Gasteiger partial charge < -0.3 is 10.1 Å². The minimum absolute atomic E-state index is 0.0622. The van der Waals surface area contributed by atoms with E-state index < -0.39 is 10.0 Å². The van der Waals surface area contributed by atoms with Gasteiger partial charge >= 0.3 is 0 Å². The van der Waals surface area contributed by atoms with E-state index in [1.807, 2.05) is 13.8 Å². The SMILES string of the molecule is CCCNCc1cc(S(=O)(=O)N2C[C@@H](C)O[C@@H](C)C2)cs1. The van der Waals surface area contributed by atoms with Crippen LogP contribution >= 0.6 is 11.3 Å². The Kier molecular flexibility index (Phi) is 5.79. The molecule has 2 atom stereocenters. The van der Waals surface area contributed by atoms with Crippen molar-refractivity contribution in [3.05, 3.63) is 16.3 Å². The summed E-state index contributed by atoms with van der Waals surface area (Å²) in [6.45, 7) is 8.44. The molecule has 21 heavy (non-hydrogen) atoms. The highest BCUT2D eigenvalue weighted by atomic mass is 32.2. The summed E-state index contributed by atoms with van der Waals surface area (Å²) in [6, 6.07) is 1.79. The van der Waals surface area contributed by atoms with Gasteiger partial charge in [-0.2, -0.15) is 4.31 Å². The first-order valence-electron chi connectivity index (χ1n) is 7.37.